The lowest BCUT2D eigenvalue weighted by Gasteiger charge is -2.15. The Morgan fingerprint density at radius 3 is 2.15 bits per heavy atom. The van der Waals surface area contributed by atoms with Crippen molar-refractivity contribution in [3.63, 3.8) is 0 Å². The van der Waals surface area contributed by atoms with Gasteiger partial charge < -0.3 is 19.7 Å². The minimum absolute atomic E-state index is 0.0710. The molecule has 1 aliphatic carbocycles. The van der Waals surface area contributed by atoms with Crippen molar-refractivity contribution in [1.29, 1.82) is 0 Å². The summed E-state index contributed by atoms with van der Waals surface area (Å²) in [7, 11) is 0. The maximum absolute atomic E-state index is 12.3. The fourth-order valence-electron chi connectivity index (χ4n) is 5.81. The molecule has 7 heteroatoms. The molecule has 1 unspecified atom stereocenters. The zero-order valence-corrected chi connectivity index (χ0v) is 30.0. The second kappa shape index (κ2) is 28.7. The van der Waals surface area contributed by atoms with Crippen molar-refractivity contribution in [2.24, 2.45) is 17.8 Å². The van der Waals surface area contributed by atoms with Crippen LogP contribution in [0.5, 0.6) is 0 Å². The van der Waals surface area contributed by atoms with Gasteiger partial charge in [-0.05, 0) is 50.0 Å². The summed E-state index contributed by atoms with van der Waals surface area (Å²) in [6.45, 7) is 6.22. The van der Waals surface area contributed by atoms with Crippen LogP contribution >= 0.6 is 0 Å². The Balaban J connectivity index is 2.10. The molecule has 0 heterocycles. The van der Waals surface area contributed by atoms with E-state index in [1.807, 2.05) is 24.3 Å². The van der Waals surface area contributed by atoms with E-state index in [1.54, 1.807) is 12.2 Å². The number of hydrogen-bond acceptors (Lipinski definition) is 7. The van der Waals surface area contributed by atoms with E-state index in [0.29, 0.717) is 25.7 Å². The van der Waals surface area contributed by atoms with Gasteiger partial charge in [0, 0.05) is 18.8 Å². The van der Waals surface area contributed by atoms with Crippen LogP contribution in [0.1, 0.15) is 156 Å². The standard InChI is InChI=1S/C40H68O7/c1-4-6-17-24-35(42)28-29-37-34(27-30-38(37)43)23-19-15-16-21-26-40(45)47-36(31-41)32-46-39(44)25-20-14-12-10-8-7-9-11-13-18-22-33(3)5-2/h15,19,27-30,33-37,41-42H,4-14,16-18,20-26,31-32H2,1-3H3/b19-15-,29-28+/t33?,34-,35-,36-,37+/m0/s1. The van der Waals surface area contributed by atoms with Gasteiger partial charge in [-0.2, -0.15) is 0 Å². The van der Waals surface area contributed by atoms with E-state index in [0.717, 1.165) is 50.9 Å². The summed E-state index contributed by atoms with van der Waals surface area (Å²) in [6.07, 6.45) is 31.0. The third kappa shape index (κ3) is 22.9. The number of carbonyl (C=O) groups excluding carboxylic acids is 3. The number of ether oxygens (including phenoxy) is 2. The molecular formula is C40H68O7. The maximum atomic E-state index is 12.3. The topological polar surface area (TPSA) is 110 Å². The van der Waals surface area contributed by atoms with E-state index in [2.05, 4.69) is 20.8 Å². The molecule has 0 aromatic rings. The van der Waals surface area contributed by atoms with Crippen LogP contribution in [-0.4, -0.2) is 53.4 Å². The minimum atomic E-state index is -0.848. The molecular weight excluding hydrogens is 592 g/mol. The second-order valence-corrected chi connectivity index (χ2v) is 13.6. The number of rotatable bonds is 30. The van der Waals surface area contributed by atoms with E-state index in [9.17, 15) is 24.6 Å². The Morgan fingerprint density at radius 2 is 1.49 bits per heavy atom. The minimum Gasteiger partial charge on any atom is -0.462 e. The monoisotopic (exact) mass is 660 g/mol. The Morgan fingerprint density at radius 1 is 0.851 bits per heavy atom. The van der Waals surface area contributed by atoms with Crippen molar-refractivity contribution in [2.75, 3.05) is 13.2 Å². The van der Waals surface area contributed by atoms with Gasteiger partial charge in [0.2, 0.25) is 0 Å². The molecule has 0 aromatic heterocycles. The summed E-state index contributed by atoms with van der Waals surface area (Å²) in [5.74, 6) is 0.0281. The molecule has 0 bridgehead atoms. The van der Waals surface area contributed by atoms with Gasteiger partial charge in [-0.3, -0.25) is 14.4 Å². The van der Waals surface area contributed by atoms with E-state index in [4.69, 9.17) is 9.47 Å². The van der Waals surface area contributed by atoms with E-state index in [1.165, 1.54) is 57.8 Å². The van der Waals surface area contributed by atoms with Crippen LogP contribution in [-0.2, 0) is 23.9 Å². The number of allylic oxidation sites excluding steroid dienone is 5. The number of esters is 2. The third-order valence-electron chi connectivity index (χ3n) is 9.22. The van der Waals surface area contributed by atoms with Gasteiger partial charge in [0.25, 0.3) is 0 Å². The molecule has 0 saturated heterocycles. The van der Waals surface area contributed by atoms with Crippen molar-refractivity contribution in [3.05, 3.63) is 36.5 Å². The third-order valence-corrected chi connectivity index (χ3v) is 9.22. The van der Waals surface area contributed by atoms with Crippen molar-refractivity contribution in [2.45, 2.75) is 168 Å². The fourth-order valence-corrected chi connectivity index (χ4v) is 5.81. The van der Waals surface area contributed by atoms with Crippen LogP contribution in [0, 0.1) is 17.8 Å². The highest BCUT2D eigenvalue weighted by Crippen LogP contribution is 2.27. The van der Waals surface area contributed by atoms with Crippen molar-refractivity contribution in [3.8, 4) is 0 Å². The summed E-state index contributed by atoms with van der Waals surface area (Å²) in [6, 6.07) is 0. The van der Waals surface area contributed by atoms with Crippen molar-refractivity contribution >= 4 is 17.7 Å². The molecule has 0 fully saturated rings. The highest BCUT2D eigenvalue weighted by atomic mass is 16.6. The summed E-state index contributed by atoms with van der Waals surface area (Å²) in [5, 5.41) is 19.7. The molecule has 1 rings (SSSR count). The summed E-state index contributed by atoms with van der Waals surface area (Å²) >= 11 is 0. The first-order chi connectivity index (χ1) is 22.8. The Kier molecular flexibility index (Phi) is 26.1. The molecule has 5 atom stereocenters. The van der Waals surface area contributed by atoms with Crippen LogP contribution in [0.15, 0.2) is 36.5 Å². The van der Waals surface area contributed by atoms with Crippen molar-refractivity contribution in [1.82, 2.24) is 0 Å². The normalized spacial score (nSPS) is 18.3. The van der Waals surface area contributed by atoms with Gasteiger partial charge in [0.05, 0.1) is 12.7 Å². The predicted molar refractivity (Wildman–Crippen MR) is 191 cm³/mol. The molecule has 0 radical (unpaired) electrons. The maximum Gasteiger partial charge on any atom is 0.306 e. The van der Waals surface area contributed by atoms with Crippen LogP contribution in [0.4, 0.5) is 0 Å². The van der Waals surface area contributed by atoms with E-state index >= 15 is 0 Å². The lowest BCUT2D eigenvalue weighted by Crippen LogP contribution is -2.28. The summed E-state index contributed by atoms with van der Waals surface area (Å²) in [5.41, 5.74) is 0. The Labute approximate surface area is 286 Å². The van der Waals surface area contributed by atoms with Crippen molar-refractivity contribution < 1.29 is 34.1 Å². The highest BCUT2D eigenvalue weighted by Gasteiger charge is 2.27. The van der Waals surface area contributed by atoms with Crippen LogP contribution < -0.4 is 0 Å². The Hall–Kier alpha value is -2.25. The zero-order valence-electron chi connectivity index (χ0n) is 30.0. The van der Waals surface area contributed by atoms with Gasteiger partial charge in [0.1, 0.15) is 6.61 Å². The predicted octanol–water partition coefficient (Wildman–Crippen LogP) is 9.15. The molecule has 7 nitrogen and oxygen atoms in total. The van der Waals surface area contributed by atoms with Gasteiger partial charge in [-0.1, -0.05) is 141 Å². The Bertz CT molecular complexity index is 908. The largest absolute Gasteiger partial charge is 0.462 e. The van der Waals surface area contributed by atoms with Gasteiger partial charge in [0.15, 0.2) is 11.9 Å². The lowest BCUT2D eigenvalue weighted by atomic mass is 9.90. The number of aliphatic hydroxyl groups is 2. The van der Waals surface area contributed by atoms with Gasteiger partial charge in [-0.15, -0.1) is 0 Å². The molecule has 270 valence electrons. The SMILES string of the molecule is CCCCC[C@H](O)/C=C/[C@H]1C(=O)C=C[C@@H]1C/C=C\CCCC(=O)O[C@@H](CO)COC(=O)CCCCCCCCCCCCC(C)CC. The highest BCUT2D eigenvalue weighted by molar-refractivity contribution is 5.95. The summed E-state index contributed by atoms with van der Waals surface area (Å²) in [4.78, 5) is 36.6. The molecule has 0 aliphatic heterocycles. The molecule has 47 heavy (non-hydrogen) atoms. The van der Waals surface area contributed by atoms with Gasteiger partial charge >= 0.3 is 11.9 Å². The lowest BCUT2D eigenvalue weighted by molar-refractivity contribution is -0.161. The fraction of sp³-hybridized carbons (Fsp3) is 0.775. The average molecular weight is 661 g/mol. The molecule has 2 N–H and O–H groups in total. The molecule has 0 amide bonds. The molecule has 1 aliphatic rings. The van der Waals surface area contributed by atoms with E-state index < -0.39 is 24.8 Å². The number of unbranched alkanes of at least 4 members (excludes halogenated alkanes) is 12. The van der Waals surface area contributed by atoms with Crippen LogP contribution in [0.2, 0.25) is 0 Å². The van der Waals surface area contributed by atoms with Crippen LogP contribution in [0.3, 0.4) is 0 Å². The second-order valence-electron chi connectivity index (χ2n) is 13.6. The molecule has 0 saturated carbocycles. The zero-order chi connectivity index (χ0) is 34.5. The van der Waals surface area contributed by atoms with E-state index in [-0.39, 0.29) is 36.6 Å². The molecule has 0 spiro atoms. The smallest absolute Gasteiger partial charge is 0.306 e. The molecule has 0 aromatic carbocycles. The first-order valence-corrected chi connectivity index (χ1v) is 19.0. The summed E-state index contributed by atoms with van der Waals surface area (Å²) < 4.78 is 10.6. The number of ketones is 1. The number of aliphatic hydroxyl groups excluding tert-OH is 2. The number of carbonyl (C=O) groups is 3. The number of hydrogen-bond donors (Lipinski definition) is 2. The first kappa shape index (κ1) is 42.8. The van der Waals surface area contributed by atoms with Crippen LogP contribution in [0.25, 0.3) is 0 Å². The first-order valence-electron chi connectivity index (χ1n) is 19.0. The average Bonchev–Trinajstić information content (AvgIpc) is 3.42. The quantitative estimate of drug-likeness (QED) is 0.0449. The van der Waals surface area contributed by atoms with Gasteiger partial charge in [-0.25, -0.2) is 0 Å².